The zero-order chi connectivity index (χ0) is 18.1. The molecule has 0 saturated carbocycles. The molecule has 0 aromatic carbocycles. The number of hydrogen-bond donors (Lipinski definition) is 0. The van der Waals surface area contributed by atoms with E-state index >= 15 is 0 Å². The van der Waals surface area contributed by atoms with Crippen molar-refractivity contribution in [2.24, 2.45) is 0 Å². The normalized spacial score (nSPS) is 19.6. The Labute approximate surface area is 145 Å². The van der Waals surface area contributed by atoms with Gasteiger partial charge in [-0.25, -0.2) is 9.37 Å². The summed E-state index contributed by atoms with van der Waals surface area (Å²) < 4.78 is 38.3. The van der Waals surface area contributed by atoms with Gasteiger partial charge in [-0.05, 0) is 44.8 Å². The van der Waals surface area contributed by atoms with Gasteiger partial charge in [0, 0.05) is 18.9 Å². The maximum absolute atomic E-state index is 13.4. The molecule has 0 atom stereocenters. The lowest BCUT2D eigenvalue weighted by molar-refractivity contribution is -0.109. The van der Waals surface area contributed by atoms with Crippen LogP contribution in [0.1, 0.15) is 40.2 Å². The predicted octanol–water partition coefficient (Wildman–Crippen LogP) is 3.65. The zero-order valence-corrected chi connectivity index (χ0v) is 15.2. The van der Waals surface area contributed by atoms with Crippen molar-refractivity contribution in [1.29, 1.82) is 0 Å². The summed E-state index contributed by atoms with van der Waals surface area (Å²) in [6.07, 6.45) is 2.84. The van der Waals surface area contributed by atoms with Crippen LogP contribution in [-0.4, -0.2) is 34.2 Å². The van der Waals surface area contributed by atoms with Crippen LogP contribution in [0.5, 0.6) is 0 Å². The van der Waals surface area contributed by atoms with Crippen molar-refractivity contribution >= 4 is 30.1 Å². The van der Waals surface area contributed by atoms with Crippen LogP contribution >= 0.6 is 11.8 Å². The van der Waals surface area contributed by atoms with Gasteiger partial charge >= 0.3 is 7.12 Å². The van der Waals surface area contributed by atoms with E-state index in [0.29, 0.717) is 16.8 Å². The van der Waals surface area contributed by atoms with E-state index in [-0.39, 0.29) is 5.12 Å². The molecule has 0 radical (unpaired) electrons. The van der Waals surface area contributed by atoms with E-state index in [1.54, 1.807) is 6.08 Å². The summed E-state index contributed by atoms with van der Waals surface area (Å²) in [4.78, 5) is 14.7. The summed E-state index contributed by atoms with van der Waals surface area (Å²) in [5.74, 6) is -1.86. The Kier molecular flexibility index (Phi) is 5.52. The van der Waals surface area contributed by atoms with Crippen LogP contribution in [0.3, 0.4) is 0 Å². The molecule has 1 aromatic rings. The van der Waals surface area contributed by atoms with Crippen LogP contribution in [0.25, 0.3) is 6.08 Å². The summed E-state index contributed by atoms with van der Waals surface area (Å²) >= 11 is 1.10. The summed E-state index contributed by atoms with van der Waals surface area (Å²) in [6.45, 7) is 9.14. The fraction of sp³-hybridized carbons (Fsp3) is 0.500. The second-order valence-electron chi connectivity index (χ2n) is 6.63. The van der Waals surface area contributed by atoms with E-state index < -0.39 is 30.1 Å². The van der Waals surface area contributed by atoms with Crippen molar-refractivity contribution in [2.45, 2.75) is 45.8 Å². The van der Waals surface area contributed by atoms with Crippen molar-refractivity contribution in [3.8, 4) is 0 Å². The van der Waals surface area contributed by atoms with Gasteiger partial charge in [-0.3, -0.25) is 4.79 Å². The minimum absolute atomic E-state index is 0.0548. The number of nitrogens with zero attached hydrogens (tertiary/aromatic N) is 1. The van der Waals surface area contributed by atoms with Gasteiger partial charge in [0.2, 0.25) is 5.95 Å². The van der Waals surface area contributed by atoms with Gasteiger partial charge in [0.05, 0.1) is 11.2 Å². The monoisotopic (exact) mass is 355 g/mol. The number of halogens is 2. The summed E-state index contributed by atoms with van der Waals surface area (Å²) in [5, 5.41) is -0.0548. The molecule has 0 amide bonds. The Hall–Kier alpha value is -1.25. The minimum Gasteiger partial charge on any atom is -0.400 e. The van der Waals surface area contributed by atoms with Gasteiger partial charge in [0.15, 0.2) is 10.9 Å². The molecule has 130 valence electrons. The second kappa shape index (κ2) is 6.94. The van der Waals surface area contributed by atoms with Crippen LogP contribution < -0.4 is 0 Å². The third-order valence-corrected chi connectivity index (χ3v) is 5.05. The third kappa shape index (κ3) is 4.23. The van der Waals surface area contributed by atoms with E-state index in [0.717, 1.165) is 17.8 Å². The molecule has 1 aliphatic rings. The molecule has 2 rings (SSSR count). The van der Waals surface area contributed by atoms with E-state index in [9.17, 15) is 13.6 Å². The minimum atomic E-state index is -1.15. The van der Waals surface area contributed by atoms with Crippen molar-refractivity contribution < 1.29 is 22.9 Å². The summed E-state index contributed by atoms with van der Waals surface area (Å²) in [6, 6.07) is 1.05. The van der Waals surface area contributed by atoms with E-state index in [1.807, 2.05) is 27.7 Å². The van der Waals surface area contributed by atoms with Crippen LogP contribution in [0.2, 0.25) is 0 Å². The molecule has 1 aliphatic heterocycles. The SMILES string of the molecule is CC(=O)SCC(=Cc1cnc(F)c(F)c1)B1OC(C)(C)C(C)(C)O1. The van der Waals surface area contributed by atoms with Crippen molar-refractivity contribution in [3.05, 3.63) is 35.1 Å². The summed E-state index contributed by atoms with van der Waals surface area (Å²) in [5.41, 5.74) is -0.0436. The molecule has 8 heteroatoms. The molecule has 1 aromatic heterocycles. The molecule has 0 N–H and O–H groups in total. The van der Waals surface area contributed by atoms with Crippen LogP contribution in [0.4, 0.5) is 8.78 Å². The number of carbonyl (C=O) groups excluding carboxylic acids is 1. The number of pyridine rings is 1. The second-order valence-corrected chi connectivity index (χ2v) is 7.78. The highest BCUT2D eigenvalue weighted by Crippen LogP contribution is 2.39. The lowest BCUT2D eigenvalue weighted by atomic mass is 9.78. The molecule has 0 aliphatic carbocycles. The number of carbonyl (C=O) groups is 1. The van der Waals surface area contributed by atoms with Crippen molar-refractivity contribution in [2.75, 3.05) is 5.75 Å². The Bertz CT molecular complexity index is 663. The highest BCUT2D eigenvalue weighted by molar-refractivity contribution is 8.13. The predicted molar refractivity (Wildman–Crippen MR) is 91.4 cm³/mol. The number of aromatic nitrogens is 1. The van der Waals surface area contributed by atoms with Gasteiger partial charge in [0.25, 0.3) is 0 Å². The van der Waals surface area contributed by atoms with Crippen molar-refractivity contribution in [3.63, 3.8) is 0 Å². The largest absolute Gasteiger partial charge is 0.491 e. The third-order valence-electron chi connectivity index (χ3n) is 4.17. The Morgan fingerprint density at radius 1 is 1.29 bits per heavy atom. The van der Waals surface area contributed by atoms with Crippen LogP contribution in [0.15, 0.2) is 17.7 Å². The first-order chi connectivity index (χ1) is 11.0. The molecule has 1 saturated heterocycles. The maximum atomic E-state index is 13.4. The molecule has 24 heavy (non-hydrogen) atoms. The highest BCUT2D eigenvalue weighted by atomic mass is 32.2. The number of rotatable bonds is 4. The Morgan fingerprint density at radius 2 is 1.88 bits per heavy atom. The average molecular weight is 355 g/mol. The van der Waals surface area contributed by atoms with Gasteiger partial charge in [-0.2, -0.15) is 4.39 Å². The van der Waals surface area contributed by atoms with E-state index in [1.165, 1.54) is 13.1 Å². The van der Waals surface area contributed by atoms with E-state index in [4.69, 9.17) is 9.31 Å². The van der Waals surface area contributed by atoms with Crippen molar-refractivity contribution in [1.82, 2.24) is 4.98 Å². The lowest BCUT2D eigenvalue weighted by Gasteiger charge is -2.32. The fourth-order valence-corrected chi connectivity index (χ4v) is 2.68. The number of hydrogen-bond acceptors (Lipinski definition) is 5. The first-order valence-electron chi connectivity index (χ1n) is 7.52. The maximum Gasteiger partial charge on any atom is 0.491 e. The quantitative estimate of drug-likeness (QED) is 0.610. The smallest absolute Gasteiger partial charge is 0.400 e. The molecular weight excluding hydrogens is 335 g/mol. The van der Waals surface area contributed by atoms with Gasteiger partial charge < -0.3 is 9.31 Å². The van der Waals surface area contributed by atoms with Crippen LogP contribution in [-0.2, 0) is 14.1 Å². The summed E-state index contributed by atoms with van der Waals surface area (Å²) in [7, 11) is -0.671. The Morgan fingerprint density at radius 3 is 2.38 bits per heavy atom. The molecule has 0 bridgehead atoms. The molecule has 0 unspecified atom stereocenters. The number of thioether (sulfide) groups is 1. The molecule has 1 fully saturated rings. The highest BCUT2D eigenvalue weighted by Gasteiger charge is 2.52. The fourth-order valence-electron chi connectivity index (χ4n) is 2.09. The molecule has 4 nitrogen and oxygen atoms in total. The molecular formula is C16H20BF2NO3S. The average Bonchev–Trinajstić information content (AvgIpc) is 2.67. The van der Waals surface area contributed by atoms with Gasteiger partial charge in [0.1, 0.15) is 0 Å². The first kappa shape index (κ1) is 19.1. The van der Waals surface area contributed by atoms with Crippen LogP contribution in [0, 0.1) is 11.8 Å². The van der Waals surface area contributed by atoms with Gasteiger partial charge in [-0.15, -0.1) is 0 Å². The standard InChI is InChI=1S/C16H20BF2NO3S/c1-10(21)24-9-12(6-11-7-13(18)14(19)20-8-11)17-22-15(2,3)16(4,5)23-17/h6-8H,9H2,1-5H3. The zero-order valence-electron chi connectivity index (χ0n) is 14.4. The Balaban J connectivity index is 2.33. The molecule has 0 spiro atoms. The van der Waals surface area contributed by atoms with E-state index in [2.05, 4.69) is 4.98 Å². The lowest BCUT2D eigenvalue weighted by Crippen LogP contribution is -2.41. The topological polar surface area (TPSA) is 48.4 Å². The first-order valence-corrected chi connectivity index (χ1v) is 8.51. The van der Waals surface area contributed by atoms with Gasteiger partial charge in [-0.1, -0.05) is 17.8 Å². The molecule has 2 heterocycles.